The first kappa shape index (κ1) is 21.6. The van der Waals surface area contributed by atoms with Crippen LogP contribution in [-0.2, 0) is 29.9 Å². The minimum Gasteiger partial charge on any atom is -0.468 e. The average molecular weight is 426 g/mol. The van der Waals surface area contributed by atoms with Crippen molar-refractivity contribution in [2.75, 3.05) is 38.9 Å². The molecule has 0 bridgehead atoms. The number of nitrogens with two attached hydrogens (primary N) is 1. The van der Waals surface area contributed by atoms with Crippen molar-refractivity contribution in [2.24, 2.45) is 5.92 Å². The molecule has 12 heteroatoms. The van der Waals surface area contributed by atoms with E-state index in [1.165, 1.54) is 13.4 Å². The van der Waals surface area contributed by atoms with Gasteiger partial charge in [0.25, 0.3) is 7.52 Å². The van der Waals surface area contributed by atoms with Crippen LogP contribution in [0.1, 0.15) is 20.3 Å². The number of fused-ring (bicyclic) bond motifs is 1. The Labute approximate surface area is 169 Å². The largest absolute Gasteiger partial charge is 0.468 e. The maximum Gasteiger partial charge on any atom is 0.323 e. The van der Waals surface area contributed by atoms with E-state index in [1.807, 2.05) is 13.8 Å². The summed E-state index contributed by atoms with van der Waals surface area (Å²) >= 11 is 0. The van der Waals surface area contributed by atoms with Gasteiger partial charge < -0.3 is 24.3 Å². The van der Waals surface area contributed by atoms with Crippen LogP contribution in [0.2, 0.25) is 0 Å². The Kier molecular flexibility index (Phi) is 6.84. The molecule has 3 heterocycles. The Morgan fingerprint density at radius 2 is 2.17 bits per heavy atom. The van der Waals surface area contributed by atoms with E-state index in [-0.39, 0.29) is 18.9 Å². The van der Waals surface area contributed by atoms with Gasteiger partial charge in [-0.3, -0.25) is 9.36 Å². The zero-order valence-corrected chi connectivity index (χ0v) is 17.7. The standard InChI is InChI=1S/C17H27N6O5P/c1-12(2)14(17(24)26-3)23-5-4-7-28-29(23,25)11-27-8-6-22-10-21-13-15(18)19-9-20-16(13)22/h9-10,12,14H,4-8,11H2,1-3H3,(H2,18,19,20)/t14-,29?/m0/s1. The van der Waals surface area contributed by atoms with Crippen LogP contribution in [0.3, 0.4) is 0 Å². The van der Waals surface area contributed by atoms with Crippen molar-refractivity contribution in [2.45, 2.75) is 32.9 Å². The van der Waals surface area contributed by atoms with Gasteiger partial charge in [0.15, 0.2) is 11.5 Å². The van der Waals surface area contributed by atoms with Gasteiger partial charge in [0.2, 0.25) is 0 Å². The first-order valence-electron chi connectivity index (χ1n) is 9.45. The number of anilines is 1. The molecule has 11 nitrogen and oxygen atoms in total. The Morgan fingerprint density at radius 1 is 1.38 bits per heavy atom. The molecule has 0 radical (unpaired) electrons. The summed E-state index contributed by atoms with van der Waals surface area (Å²) in [5.74, 6) is -0.194. The van der Waals surface area contributed by atoms with Gasteiger partial charge in [-0.2, -0.15) is 0 Å². The molecule has 3 rings (SSSR count). The molecule has 0 saturated carbocycles. The normalized spacial score (nSPS) is 21.5. The van der Waals surface area contributed by atoms with E-state index in [0.29, 0.717) is 43.1 Å². The van der Waals surface area contributed by atoms with Crippen molar-refractivity contribution in [3.63, 3.8) is 0 Å². The summed E-state index contributed by atoms with van der Waals surface area (Å²) in [6.45, 7) is 5.34. The van der Waals surface area contributed by atoms with Crippen LogP contribution in [0, 0.1) is 5.92 Å². The number of hydrogen-bond donors (Lipinski definition) is 1. The molecule has 1 fully saturated rings. The summed E-state index contributed by atoms with van der Waals surface area (Å²) in [6, 6.07) is -0.646. The van der Waals surface area contributed by atoms with Gasteiger partial charge in [0, 0.05) is 13.1 Å². The molecule has 0 aliphatic carbocycles. The SMILES string of the molecule is COC(=O)[C@H](C(C)C)N1CCCOP1(=O)COCCn1cnc2c(N)ncnc21. The lowest BCUT2D eigenvalue weighted by molar-refractivity contribution is -0.147. The number of aromatic nitrogens is 4. The van der Waals surface area contributed by atoms with Gasteiger partial charge in [-0.1, -0.05) is 13.8 Å². The van der Waals surface area contributed by atoms with E-state index in [9.17, 15) is 9.36 Å². The van der Waals surface area contributed by atoms with Crippen molar-refractivity contribution in [3.8, 4) is 0 Å². The molecule has 2 N–H and O–H groups in total. The molecular formula is C17H27N6O5P. The van der Waals surface area contributed by atoms with Crippen molar-refractivity contribution in [1.29, 1.82) is 0 Å². The predicted octanol–water partition coefficient (Wildman–Crippen LogP) is 1.50. The van der Waals surface area contributed by atoms with Crippen molar-refractivity contribution in [3.05, 3.63) is 12.7 Å². The van der Waals surface area contributed by atoms with Gasteiger partial charge >= 0.3 is 5.97 Å². The van der Waals surface area contributed by atoms with Crippen LogP contribution in [0.25, 0.3) is 11.2 Å². The van der Waals surface area contributed by atoms with E-state index in [1.54, 1.807) is 15.6 Å². The number of esters is 1. The van der Waals surface area contributed by atoms with E-state index in [0.717, 1.165) is 0 Å². The smallest absolute Gasteiger partial charge is 0.323 e. The van der Waals surface area contributed by atoms with Gasteiger partial charge in [-0.05, 0) is 12.3 Å². The topological polar surface area (TPSA) is 135 Å². The maximum atomic E-state index is 13.5. The molecule has 2 aromatic rings. The molecule has 160 valence electrons. The number of methoxy groups -OCH3 is 1. The first-order valence-corrected chi connectivity index (χ1v) is 11.2. The summed E-state index contributed by atoms with van der Waals surface area (Å²) < 4.78 is 33.1. The molecule has 0 amide bonds. The summed E-state index contributed by atoms with van der Waals surface area (Å²) in [6.07, 6.45) is 3.56. The number of imidazole rings is 1. The first-order chi connectivity index (χ1) is 13.9. The molecule has 1 aliphatic heterocycles. The van der Waals surface area contributed by atoms with Crippen molar-refractivity contribution < 1.29 is 23.4 Å². The van der Waals surface area contributed by atoms with E-state index < -0.39 is 19.5 Å². The number of carbonyl (C=O) groups is 1. The Morgan fingerprint density at radius 3 is 2.90 bits per heavy atom. The number of rotatable bonds is 8. The number of ether oxygens (including phenoxy) is 2. The highest BCUT2D eigenvalue weighted by Crippen LogP contribution is 2.55. The molecule has 1 aliphatic rings. The Balaban J connectivity index is 1.65. The minimum absolute atomic E-state index is 0.0834. The lowest BCUT2D eigenvalue weighted by Gasteiger charge is -2.40. The second-order valence-corrected chi connectivity index (χ2v) is 9.41. The third kappa shape index (κ3) is 4.58. The van der Waals surface area contributed by atoms with Crippen LogP contribution in [0.5, 0.6) is 0 Å². The Hall–Kier alpha value is -2.07. The van der Waals surface area contributed by atoms with Gasteiger partial charge in [0.05, 0.1) is 26.7 Å². The predicted molar refractivity (Wildman–Crippen MR) is 106 cm³/mol. The molecule has 1 saturated heterocycles. The summed E-state index contributed by atoms with van der Waals surface area (Å²) in [5.41, 5.74) is 6.92. The van der Waals surface area contributed by atoms with Gasteiger partial charge in [-0.15, -0.1) is 0 Å². The highest BCUT2D eigenvalue weighted by atomic mass is 31.2. The zero-order chi connectivity index (χ0) is 21.0. The number of nitrogens with zero attached hydrogens (tertiary/aromatic N) is 5. The lowest BCUT2D eigenvalue weighted by Crippen LogP contribution is -2.46. The number of nitrogen functional groups attached to an aromatic ring is 1. The molecule has 29 heavy (non-hydrogen) atoms. The molecule has 1 unspecified atom stereocenters. The van der Waals surface area contributed by atoms with E-state index in [4.69, 9.17) is 19.7 Å². The van der Waals surface area contributed by atoms with E-state index >= 15 is 0 Å². The lowest BCUT2D eigenvalue weighted by atomic mass is 10.0. The minimum atomic E-state index is -3.32. The van der Waals surface area contributed by atoms with Crippen LogP contribution in [-0.4, -0.2) is 69.4 Å². The summed E-state index contributed by atoms with van der Waals surface area (Å²) in [7, 11) is -1.99. The monoisotopic (exact) mass is 426 g/mol. The third-order valence-corrected chi connectivity index (χ3v) is 7.10. The maximum absolute atomic E-state index is 13.5. The fraction of sp³-hybridized carbons (Fsp3) is 0.647. The van der Waals surface area contributed by atoms with Crippen molar-refractivity contribution >= 4 is 30.5 Å². The van der Waals surface area contributed by atoms with Crippen LogP contribution < -0.4 is 5.73 Å². The quantitative estimate of drug-likeness (QED) is 0.376. The average Bonchev–Trinajstić information content (AvgIpc) is 3.11. The highest BCUT2D eigenvalue weighted by Gasteiger charge is 2.44. The third-order valence-electron chi connectivity index (χ3n) is 4.77. The van der Waals surface area contributed by atoms with E-state index in [2.05, 4.69) is 15.0 Å². The van der Waals surface area contributed by atoms with Crippen LogP contribution in [0.15, 0.2) is 12.7 Å². The van der Waals surface area contributed by atoms with Gasteiger partial charge in [-0.25, -0.2) is 19.6 Å². The van der Waals surface area contributed by atoms with Crippen LogP contribution in [0.4, 0.5) is 5.82 Å². The van der Waals surface area contributed by atoms with Gasteiger partial charge in [0.1, 0.15) is 24.2 Å². The molecule has 0 spiro atoms. The number of hydrogen-bond acceptors (Lipinski definition) is 9. The number of carbonyl (C=O) groups excluding carboxylic acids is 1. The highest BCUT2D eigenvalue weighted by molar-refractivity contribution is 7.56. The fourth-order valence-corrected chi connectivity index (χ4v) is 5.70. The van der Waals surface area contributed by atoms with Crippen molar-refractivity contribution in [1.82, 2.24) is 24.2 Å². The zero-order valence-electron chi connectivity index (χ0n) is 16.9. The second-order valence-electron chi connectivity index (χ2n) is 7.11. The second kappa shape index (κ2) is 9.17. The Bertz CT molecular complexity index is 904. The summed E-state index contributed by atoms with van der Waals surface area (Å²) in [5, 5.41) is 0. The molecule has 2 aromatic heterocycles. The molecular weight excluding hydrogens is 399 g/mol. The summed E-state index contributed by atoms with van der Waals surface area (Å²) in [4.78, 5) is 24.6. The fourth-order valence-electron chi connectivity index (χ4n) is 3.36. The molecule has 2 atom stereocenters. The molecule has 0 aromatic carbocycles. The van der Waals surface area contributed by atoms with Crippen LogP contribution >= 0.6 is 7.52 Å².